The van der Waals surface area contributed by atoms with Gasteiger partial charge < -0.3 is 14.2 Å². The van der Waals surface area contributed by atoms with Crippen LogP contribution in [0.2, 0.25) is 5.15 Å². The fraction of sp³-hybridized carbons (Fsp3) is 0.316. The third-order valence-electron chi connectivity index (χ3n) is 4.44. The summed E-state index contributed by atoms with van der Waals surface area (Å²) in [5.41, 5.74) is 2.32. The number of aromatic nitrogens is 4. The van der Waals surface area contributed by atoms with E-state index in [-0.39, 0.29) is 11.3 Å². The Balaban J connectivity index is 1.56. The number of nitrogens with zero attached hydrogens (tertiary/aromatic N) is 4. The Bertz CT molecular complexity index is 1070. The number of methoxy groups -OCH3 is 1. The highest BCUT2D eigenvalue weighted by Crippen LogP contribution is 2.34. The van der Waals surface area contributed by atoms with Gasteiger partial charge in [-0.3, -0.25) is 15.1 Å². The van der Waals surface area contributed by atoms with Gasteiger partial charge in [-0.25, -0.2) is 4.98 Å². The molecule has 4 heterocycles. The van der Waals surface area contributed by atoms with Crippen LogP contribution in [-0.4, -0.2) is 52.5 Å². The third-order valence-corrected chi connectivity index (χ3v) is 5.40. The topological polar surface area (TPSA) is 108 Å². The number of nitrogens with one attached hydrogen (secondary N) is 1. The van der Waals surface area contributed by atoms with Gasteiger partial charge in [0, 0.05) is 36.0 Å². The molecule has 9 nitrogen and oxygen atoms in total. The van der Waals surface area contributed by atoms with Crippen molar-refractivity contribution in [2.24, 2.45) is 0 Å². The van der Waals surface area contributed by atoms with Crippen LogP contribution in [0.1, 0.15) is 22.5 Å². The number of ether oxygens (including phenoxy) is 3. The van der Waals surface area contributed by atoms with Gasteiger partial charge in [0.2, 0.25) is 5.13 Å². The number of rotatable bonds is 7. The zero-order chi connectivity index (χ0) is 21.1. The second-order valence-electron chi connectivity index (χ2n) is 6.50. The van der Waals surface area contributed by atoms with Crippen LogP contribution in [-0.2, 0) is 4.74 Å². The van der Waals surface area contributed by atoms with Gasteiger partial charge in [-0.15, -0.1) is 5.10 Å². The minimum absolute atomic E-state index is 0.0929. The summed E-state index contributed by atoms with van der Waals surface area (Å²) in [5, 5.41) is 11.6. The molecule has 0 saturated carbocycles. The Labute approximate surface area is 181 Å². The van der Waals surface area contributed by atoms with Crippen LogP contribution in [0.15, 0.2) is 24.5 Å². The van der Waals surface area contributed by atoms with Gasteiger partial charge in [0.1, 0.15) is 17.5 Å². The molecule has 0 bridgehead atoms. The molecule has 1 saturated heterocycles. The van der Waals surface area contributed by atoms with Crippen LogP contribution >= 0.6 is 22.9 Å². The number of amides is 1. The summed E-state index contributed by atoms with van der Waals surface area (Å²) >= 11 is 7.21. The maximum Gasteiger partial charge on any atom is 0.295 e. The van der Waals surface area contributed by atoms with E-state index < -0.39 is 5.91 Å². The van der Waals surface area contributed by atoms with Crippen molar-refractivity contribution in [3.05, 3.63) is 40.9 Å². The summed E-state index contributed by atoms with van der Waals surface area (Å²) < 4.78 is 16.2. The quantitative estimate of drug-likeness (QED) is 0.549. The third kappa shape index (κ3) is 4.50. The van der Waals surface area contributed by atoms with Crippen molar-refractivity contribution < 1.29 is 19.0 Å². The van der Waals surface area contributed by atoms with Crippen LogP contribution in [0.3, 0.4) is 0 Å². The summed E-state index contributed by atoms with van der Waals surface area (Å²) in [5.74, 6) is 0.0985. The van der Waals surface area contributed by atoms with Crippen LogP contribution in [0, 0.1) is 6.92 Å². The molecule has 3 aromatic rings. The highest BCUT2D eigenvalue weighted by Gasteiger charge is 2.21. The number of carbonyl (C=O) groups excluding carboxylic acids is 1. The molecular formula is C19H18ClN5O4S. The first-order valence-electron chi connectivity index (χ1n) is 9.09. The highest BCUT2D eigenvalue weighted by atomic mass is 35.5. The maximum atomic E-state index is 13.0. The van der Waals surface area contributed by atoms with Crippen molar-refractivity contribution in [3.63, 3.8) is 0 Å². The standard InChI is InChI=1S/C19H18ClN5O4S/c1-10-5-12(13-6-16(20)22-8-15(13)27-2)14(7-21-10)17(26)23-18-24-25-19(30-18)29-9-11-3-4-28-11/h5-8,11H,3-4,9H2,1-2H3,(H,23,24,26)/t11-/m0/s1. The number of anilines is 1. The lowest BCUT2D eigenvalue weighted by Crippen LogP contribution is -2.32. The molecule has 1 aliphatic rings. The molecule has 1 atom stereocenters. The molecule has 4 rings (SSSR count). The second-order valence-corrected chi connectivity index (χ2v) is 7.83. The van der Waals surface area contributed by atoms with Gasteiger partial charge in [-0.05, 0) is 30.4 Å². The Kier molecular flexibility index (Phi) is 6.07. The smallest absolute Gasteiger partial charge is 0.295 e. The summed E-state index contributed by atoms with van der Waals surface area (Å²) in [7, 11) is 1.53. The lowest BCUT2D eigenvalue weighted by atomic mass is 10.0. The van der Waals surface area contributed by atoms with Crippen molar-refractivity contribution in [1.29, 1.82) is 0 Å². The summed E-state index contributed by atoms with van der Waals surface area (Å²) in [6.45, 7) is 3.00. The van der Waals surface area contributed by atoms with E-state index in [1.807, 2.05) is 6.92 Å². The number of carbonyl (C=O) groups is 1. The number of aryl methyl sites for hydroxylation is 1. The van der Waals surface area contributed by atoms with Crippen molar-refractivity contribution in [1.82, 2.24) is 20.2 Å². The fourth-order valence-corrected chi connectivity index (χ4v) is 3.57. The molecular weight excluding hydrogens is 430 g/mol. The molecule has 0 radical (unpaired) electrons. The minimum atomic E-state index is -0.391. The molecule has 3 aromatic heterocycles. The minimum Gasteiger partial charge on any atom is -0.494 e. The van der Waals surface area contributed by atoms with E-state index in [4.69, 9.17) is 25.8 Å². The Morgan fingerprint density at radius 3 is 2.87 bits per heavy atom. The van der Waals surface area contributed by atoms with Gasteiger partial charge >= 0.3 is 0 Å². The second kappa shape index (κ2) is 8.90. The number of hydrogen-bond donors (Lipinski definition) is 1. The molecule has 30 heavy (non-hydrogen) atoms. The summed E-state index contributed by atoms with van der Waals surface area (Å²) in [6.07, 6.45) is 4.07. The van der Waals surface area contributed by atoms with E-state index in [1.54, 1.807) is 12.1 Å². The largest absolute Gasteiger partial charge is 0.494 e. The Hall–Kier alpha value is -2.82. The molecule has 1 N–H and O–H groups in total. The molecule has 0 unspecified atom stereocenters. The number of pyridine rings is 2. The van der Waals surface area contributed by atoms with Crippen LogP contribution in [0.4, 0.5) is 5.13 Å². The van der Waals surface area contributed by atoms with E-state index >= 15 is 0 Å². The zero-order valence-electron chi connectivity index (χ0n) is 16.2. The highest BCUT2D eigenvalue weighted by molar-refractivity contribution is 7.17. The van der Waals surface area contributed by atoms with Gasteiger partial charge in [0.15, 0.2) is 0 Å². The average Bonchev–Trinajstić information content (AvgIpc) is 3.13. The zero-order valence-corrected chi connectivity index (χ0v) is 17.8. The van der Waals surface area contributed by atoms with E-state index in [9.17, 15) is 4.79 Å². The molecule has 0 spiro atoms. The van der Waals surface area contributed by atoms with E-state index in [1.165, 1.54) is 19.5 Å². The first-order chi connectivity index (χ1) is 14.5. The van der Waals surface area contributed by atoms with Crippen LogP contribution in [0.5, 0.6) is 10.9 Å². The summed E-state index contributed by atoms with van der Waals surface area (Å²) in [4.78, 5) is 21.3. The molecule has 156 valence electrons. The molecule has 1 fully saturated rings. The molecule has 0 aromatic carbocycles. The first kappa shape index (κ1) is 20.5. The van der Waals surface area contributed by atoms with Crippen molar-refractivity contribution in [2.45, 2.75) is 19.4 Å². The summed E-state index contributed by atoms with van der Waals surface area (Å²) in [6, 6.07) is 3.43. The maximum absolute atomic E-state index is 13.0. The van der Waals surface area contributed by atoms with Crippen molar-refractivity contribution >= 4 is 34.0 Å². The van der Waals surface area contributed by atoms with Gasteiger partial charge in [0.25, 0.3) is 11.1 Å². The number of hydrogen-bond acceptors (Lipinski definition) is 9. The molecule has 0 aliphatic carbocycles. The van der Waals surface area contributed by atoms with Crippen LogP contribution < -0.4 is 14.8 Å². The van der Waals surface area contributed by atoms with Gasteiger partial charge in [-0.1, -0.05) is 16.7 Å². The van der Waals surface area contributed by atoms with Crippen LogP contribution in [0.25, 0.3) is 11.1 Å². The first-order valence-corrected chi connectivity index (χ1v) is 10.3. The predicted octanol–water partition coefficient (Wildman–Crippen LogP) is 3.39. The average molecular weight is 448 g/mol. The van der Waals surface area contributed by atoms with Gasteiger partial charge in [0.05, 0.1) is 25.0 Å². The molecule has 1 aliphatic heterocycles. The van der Waals surface area contributed by atoms with Crippen molar-refractivity contribution in [2.75, 3.05) is 25.6 Å². The molecule has 11 heteroatoms. The van der Waals surface area contributed by atoms with Gasteiger partial charge in [-0.2, -0.15) is 0 Å². The normalized spacial score (nSPS) is 15.4. The van der Waals surface area contributed by atoms with Crippen molar-refractivity contribution in [3.8, 4) is 22.1 Å². The lowest BCUT2D eigenvalue weighted by molar-refractivity contribution is -0.0721. The lowest BCUT2D eigenvalue weighted by Gasteiger charge is -2.25. The fourth-order valence-electron chi connectivity index (χ4n) is 2.82. The Morgan fingerprint density at radius 1 is 1.30 bits per heavy atom. The SMILES string of the molecule is COc1cnc(Cl)cc1-c1cc(C)ncc1C(=O)Nc1nnc(OC[C@@H]2CCO2)s1. The predicted molar refractivity (Wildman–Crippen MR) is 111 cm³/mol. The van der Waals surface area contributed by atoms with E-state index in [0.717, 1.165) is 30.1 Å². The Morgan fingerprint density at radius 2 is 2.13 bits per heavy atom. The number of halogens is 1. The monoisotopic (exact) mass is 447 g/mol. The molecule has 1 amide bonds. The van der Waals surface area contributed by atoms with E-state index in [0.29, 0.717) is 39.4 Å². The van der Waals surface area contributed by atoms with E-state index in [2.05, 4.69) is 25.5 Å².